The molecule has 0 aromatic rings. The molecule has 2 N–H and O–H groups in total. The van der Waals surface area contributed by atoms with E-state index in [2.05, 4.69) is 26.1 Å². The number of piperidine rings is 1. The van der Waals surface area contributed by atoms with Crippen LogP contribution in [0.2, 0.25) is 0 Å². The maximum Gasteiger partial charge on any atom is 0.0819 e. The van der Waals surface area contributed by atoms with E-state index in [0.717, 1.165) is 13.0 Å². The van der Waals surface area contributed by atoms with Crippen LogP contribution in [0.1, 0.15) is 47.0 Å². The third kappa shape index (κ3) is 2.23. The van der Waals surface area contributed by atoms with Gasteiger partial charge in [0.2, 0.25) is 0 Å². The summed E-state index contributed by atoms with van der Waals surface area (Å²) >= 11 is 0. The first-order valence-electron chi connectivity index (χ1n) is 5.31. The summed E-state index contributed by atoms with van der Waals surface area (Å²) in [6, 6.07) is 0.265. The molecule has 1 aliphatic rings. The highest BCUT2D eigenvalue weighted by molar-refractivity contribution is 4.97. The number of aliphatic hydroxyl groups is 1. The lowest BCUT2D eigenvalue weighted by Gasteiger charge is -2.45. The molecule has 0 aromatic heterocycles. The van der Waals surface area contributed by atoms with Crippen LogP contribution < -0.4 is 5.32 Å². The fraction of sp³-hybridized carbons (Fsp3) is 1.00. The molecule has 2 unspecified atom stereocenters. The zero-order chi connectivity index (χ0) is 10.1. The number of hydrogen-bond acceptors (Lipinski definition) is 2. The van der Waals surface area contributed by atoms with E-state index in [1.807, 2.05) is 6.92 Å². The second kappa shape index (κ2) is 3.58. The Hall–Kier alpha value is -0.0800. The van der Waals surface area contributed by atoms with Crippen molar-refractivity contribution in [2.45, 2.75) is 58.6 Å². The smallest absolute Gasteiger partial charge is 0.0819 e. The Balaban J connectivity index is 2.67. The number of hydrogen-bond donors (Lipinski definition) is 2. The molecule has 0 bridgehead atoms. The third-order valence-corrected chi connectivity index (χ3v) is 3.51. The van der Waals surface area contributed by atoms with E-state index in [1.54, 1.807) is 0 Å². The lowest BCUT2D eigenvalue weighted by Crippen LogP contribution is -2.57. The topological polar surface area (TPSA) is 32.3 Å². The van der Waals surface area contributed by atoms with E-state index in [9.17, 15) is 5.11 Å². The largest absolute Gasteiger partial charge is 0.388 e. The summed E-state index contributed by atoms with van der Waals surface area (Å²) in [5.41, 5.74) is -0.657. The predicted molar refractivity (Wildman–Crippen MR) is 55.7 cm³/mol. The molecule has 1 fully saturated rings. The molecule has 2 nitrogen and oxygen atoms in total. The third-order valence-electron chi connectivity index (χ3n) is 3.51. The van der Waals surface area contributed by atoms with Crippen LogP contribution in [-0.4, -0.2) is 23.3 Å². The minimum atomic E-state index is -0.604. The van der Waals surface area contributed by atoms with Gasteiger partial charge in [0.15, 0.2) is 0 Å². The minimum absolute atomic E-state index is 0.0536. The van der Waals surface area contributed by atoms with Crippen molar-refractivity contribution in [3.63, 3.8) is 0 Å². The summed E-state index contributed by atoms with van der Waals surface area (Å²) in [6.45, 7) is 9.31. The second-order valence-corrected chi connectivity index (χ2v) is 5.40. The van der Waals surface area contributed by atoms with Gasteiger partial charge in [-0.05, 0) is 31.7 Å². The van der Waals surface area contributed by atoms with Gasteiger partial charge >= 0.3 is 0 Å². The Bertz CT molecular complexity index is 163. The van der Waals surface area contributed by atoms with Crippen molar-refractivity contribution in [1.29, 1.82) is 0 Å². The summed E-state index contributed by atoms with van der Waals surface area (Å²) in [5, 5.41) is 13.8. The van der Waals surface area contributed by atoms with Crippen LogP contribution >= 0.6 is 0 Å². The molecule has 78 valence electrons. The summed E-state index contributed by atoms with van der Waals surface area (Å²) in [6.07, 6.45) is 3.59. The van der Waals surface area contributed by atoms with E-state index >= 15 is 0 Å². The molecule has 13 heavy (non-hydrogen) atoms. The Morgan fingerprint density at radius 1 is 1.15 bits per heavy atom. The highest BCUT2D eigenvalue weighted by Crippen LogP contribution is 2.35. The van der Waals surface area contributed by atoms with E-state index < -0.39 is 5.60 Å². The quantitative estimate of drug-likeness (QED) is 0.654. The highest BCUT2D eigenvalue weighted by Gasteiger charge is 2.42. The normalized spacial score (nSPS) is 29.8. The summed E-state index contributed by atoms with van der Waals surface area (Å²) in [4.78, 5) is 0. The standard InChI is InChI=1S/C11H23NO/c1-10(2,3)11(4,13)9-7-5-6-8-12-9/h9,12-13H,5-8H2,1-4H3. The Morgan fingerprint density at radius 3 is 2.15 bits per heavy atom. The summed E-state index contributed by atoms with van der Waals surface area (Å²) in [7, 11) is 0. The monoisotopic (exact) mass is 185 g/mol. The number of nitrogens with one attached hydrogen (secondary N) is 1. The molecule has 0 radical (unpaired) electrons. The molecule has 1 aliphatic heterocycles. The molecule has 0 aromatic carbocycles. The fourth-order valence-electron chi connectivity index (χ4n) is 1.85. The molecule has 0 aliphatic carbocycles. The van der Waals surface area contributed by atoms with Crippen molar-refractivity contribution in [2.75, 3.05) is 6.54 Å². The van der Waals surface area contributed by atoms with Crippen molar-refractivity contribution in [3.05, 3.63) is 0 Å². The van der Waals surface area contributed by atoms with Gasteiger partial charge in [-0.3, -0.25) is 0 Å². The first-order chi connectivity index (χ1) is 5.86. The van der Waals surface area contributed by atoms with E-state index in [-0.39, 0.29) is 11.5 Å². The van der Waals surface area contributed by atoms with Crippen LogP contribution in [0.5, 0.6) is 0 Å². The summed E-state index contributed by atoms with van der Waals surface area (Å²) in [5.74, 6) is 0. The molecule has 2 heteroatoms. The van der Waals surface area contributed by atoms with Gasteiger partial charge in [-0.2, -0.15) is 0 Å². The van der Waals surface area contributed by atoms with Gasteiger partial charge in [-0.15, -0.1) is 0 Å². The molecule has 1 saturated heterocycles. The SMILES string of the molecule is CC(C)(C)C(C)(O)C1CCCCN1. The van der Waals surface area contributed by atoms with Crippen molar-refractivity contribution in [3.8, 4) is 0 Å². The van der Waals surface area contributed by atoms with Crippen LogP contribution in [0.4, 0.5) is 0 Å². The van der Waals surface area contributed by atoms with Crippen molar-refractivity contribution < 1.29 is 5.11 Å². The average Bonchev–Trinajstić information content (AvgIpc) is 2.04. The number of rotatable bonds is 1. The van der Waals surface area contributed by atoms with Crippen LogP contribution in [0.3, 0.4) is 0 Å². The highest BCUT2D eigenvalue weighted by atomic mass is 16.3. The lowest BCUT2D eigenvalue weighted by atomic mass is 9.71. The first kappa shape index (κ1) is 11.0. The second-order valence-electron chi connectivity index (χ2n) is 5.40. The van der Waals surface area contributed by atoms with Gasteiger partial charge in [-0.1, -0.05) is 27.2 Å². The first-order valence-corrected chi connectivity index (χ1v) is 5.31. The molecule has 1 heterocycles. The van der Waals surface area contributed by atoms with Gasteiger partial charge in [0, 0.05) is 6.04 Å². The Morgan fingerprint density at radius 2 is 1.77 bits per heavy atom. The average molecular weight is 185 g/mol. The summed E-state index contributed by atoms with van der Waals surface area (Å²) < 4.78 is 0. The van der Waals surface area contributed by atoms with Gasteiger partial charge in [0.1, 0.15) is 0 Å². The van der Waals surface area contributed by atoms with Gasteiger partial charge in [0.25, 0.3) is 0 Å². The van der Waals surface area contributed by atoms with Crippen molar-refractivity contribution in [2.24, 2.45) is 5.41 Å². The van der Waals surface area contributed by atoms with Gasteiger partial charge in [-0.25, -0.2) is 0 Å². The molecular weight excluding hydrogens is 162 g/mol. The van der Waals surface area contributed by atoms with E-state index in [1.165, 1.54) is 12.8 Å². The fourth-order valence-corrected chi connectivity index (χ4v) is 1.85. The molecule has 0 spiro atoms. The van der Waals surface area contributed by atoms with Crippen LogP contribution in [0.15, 0.2) is 0 Å². The molecule has 0 amide bonds. The van der Waals surface area contributed by atoms with Crippen LogP contribution in [0.25, 0.3) is 0 Å². The van der Waals surface area contributed by atoms with Gasteiger partial charge in [0.05, 0.1) is 5.60 Å². The van der Waals surface area contributed by atoms with Gasteiger partial charge < -0.3 is 10.4 Å². The van der Waals surface area contributed by atoms with Crippen molar-refractivity contribution in [1.82, 2.24) is 5.32 Å². The Kier molecular flexibility index (Phi) is 3.03. The molecular formula is C11H23NO. The maximum absolute atomic E-state index is 10.4. The predicted octanol–water partition coefficient (Wildman–Crippen LogP) is 1.93. The lowest BCUT2D eigenvalue weighted by molar-refractivity contribution is -0.0770. The van der Waals surface area contributed by atoms with Crippen LogP contribution in [0, 0.1) is 5.41 Å². The molecule has 2 atom stereocenters. The Labute approximate surface area is 81.7 Å². The van der Waals surface area contributed by atoms with Crippen LogP contribution in [-0.2, 0) is 0 Å². The van der Waals surface area contributed by atoms with E-state index in [4.69, 9.17) is 0 Å². The molecule has 1 rings (SSSR count). The van der Waals surface area contributed by atoms with E-state index in [0.29, 0.717) is 0 Å². The minimum Gasteiger partial charge on any atom is -0.388 e. The molecule has 0 saturated carbocycles. The maximum atomic E-state index is 10.4. The zero-order valence-corrected chi connectivity index (χ0v) is 9.35. The van der Waals surface area contributed by atoms with Crippen molar-refractivity contribution >= 4 is 0 Å². The zero-order valence-electron chi connectivity index (χ0n) is 9.35.